The zero-order valence-corrected chi connectivity index (χ0v) is 17.9. The molecule has 2 fully saturated rings. The molecular weight excluding hydrogens is 439 g/mol. The molecule has 1 aromatic rings. The lowest BCUT2D eigenvalue weighted by Gasteiger charge is -2.28. The molecule has 4 rings (SSSR count). The number of hydrogen-bond acceptors (Lipinski definition) is 3. The largest absolute Gasteiger partial charge is 0.373 e. The Labute approximate surface area is 174 Å². The predicted octanol–water partition coefficient (Wildman–Crippen LogP) is 2.54. The Morgan fingerprint density at radius 1 is 1.27 bits per heavy atom. The van der Waals surface area contributed by atoms with Gasteiger partial charge in [0.2, 0.25) is 0 Å². The van der Waals surface area contributed by atoms with E-state index < -0.39 is 0 Å². The van der Waals surface area contributed by atoms with E-state index in [0.29, 0.717) is 18.2 Å². The standard InChI is InChI=1S/C20H30N4O.HI/c1-2-21-20(23-18-13-17-7-8-19(18)25-17)22-10-12-24-11-9-15-5-3-4-6-16(15)14-24;/h3-6,17-19H,2,7-14H2,1H3,(H2,21,22,23);1H. The van der Waals surface area contributed by atoms with E-state index in [2.05, 4.69) is 46.7 Å². The zero-order valence-electron chi connectivity index (χ0n) is 15.6. The molecule has 2 saturated heterocycles. The molecule has 0 aromatic heterocycles. The Balaban J connectivity index is 0.00000196. The van der Waals surface area contributed by atoms with Gasteiger partial charge in [0.05, 0.1) is 24.8 Å². The van der Waals surface area contributed by atoms with Gasteiger partial charge in [-0.1, -0.05) is 24.3 Å². The molecule has 0 amide bonds. The van der Waals surface area contributed by atoms with Crippen LogP contribution in [0.3, 0.4) is 0 Å². The lowest BCUT2D eigenvalue weighted by molar-refractivity contribution is 0.0992. The second-order valence-corrected chi connectivity index (χ2v) is 7.42. The van der Waals surface area contributed by atoms with Crippen LogP contribution in [0.1, 0.15) is 37.3 Å². The van der Waals surface area contributed by atoms with Crippen LogP contribution < -0.4 is 10.6 Å². The average molecular weight is 470 g/mol. The zero-order chi connectivity index (χ0) is 17.1. The van der Waals surface area contributed by atoms with Gasteiger partial charge in [-0.25, -0.2) is 0 Å². The highest BCUT2D eigenvalue weighted by Gasteiger charge is 2.41. The molecule has 5 nitrogen and oxygen atoms in total. The maximum Gasteiger partial charge on any atom is 0.191 e. The number of nitrogens with one attached hydrogen (secondary N) is 2. The minimum atomic E-state index is 0. The molecule has 26 heavy (non-hydrogen) atoms. The van der Waals surface area contributed by atoms with E-state index in [0.717, 1.165) is 51.5 Å². The van der Waals surface area contributed by atoms with Crippen LogP contribution in [0.25, 0.3) is 0 Å². The summed E-state index contributed by atoms with van der Waals surface area (Å²) < 4.78 is 5.94. The van der Waals surface area contributed by atoms with Crippen molar-refractivity contribution >= 4 is 29.9 Å². The van der Waals surface area contributed by atoms with Crippen molar-refractivity contribution < 1.29 is 4.74 Å². The topological polar surface area (TPSA) is 48.9 Å². The Morgan fingerprint density at radius 2 is 2.12 bits per heavy atom. The molecule has 3 aliphatic rings. The van der Waals surface area contributed by atoms with Crippen molar-refractivity contribution in [2.75, 3.05) is 26.2 Å². The molecule has 6 heteroatoms. The van der Waals surface area contributed by atoms with Gasteiger partial charge in [-0.05, 0) is 43.7 Å². The number of nitrogens with zero attached hydrogens (tertiary/aromatic N) is 2. The number of hydrogen-bond donors (Lipinski definition) is 2. The van der Waals surface area contributed by atoms with Gasteiger partial charge in [-0.15, -0.1) is 24.0 Å². The van der Waals surface area contributed by atoms with Crippen molar-refractivity contribution in [1.29, 1.82) is 0 Å². The van der Waals surface area contributed by atoms with Gasteiger partial charge in [0, 0.05) is 26.2 Å². The van der Waals surface area contributed by atoms with Gasteiger partial charge in [-0.2, -0.15) is 0 Å². The monoisotopic (exact) mass is 470 g/mol. The van der Waals surface area contributed by atoms with Crippen molar-refractivity contribution in [3.05, 3.63) is 35.4 Å². The third-order valence-electron chi connectivity index (χ3n) is 5.67. The molecule has 0 radical (unpaired) electrons. The lowest BCUT2D eigenvalue weighted by atomic mass is 9.96. The third-order valence-corrected chi connectivity index (χ3v) is 5.67. The predicted molar refractivity (Wildman–Crippen MR) is 116 cm³/mol. The van der Waals surface area contributed by atoms with E-state index in [1.165, 1.54) is 24.0 Å². The maximum absolute atomic E-state index is 5.94. The van der Waals surface area contributed by atoms with Crippen LogP contribution in [0.2, 0.25) is 0 Å². The van der Waals surface area contributed by atoms with E-state index in [1.54, 1.807) is 0 Å². The second-order valence-electron chi connectivity index (χ2n) is 7.42. The minimum absolute atomic E-state index is 0. The van der Waals surface area contributed by atoms with Crippen LogP contribution in [0.4, 0.5) is 0 Å². The number of ether oxygens (including phenoxy) is 1. The summed E-state index contributed by atoms with van der Waals surface area (Å²) in [7, 11) is 0. The third kappa shape index (κ3) is 4.70. The number of benzene rings is 1. The van der Waals surface area contributed by atoms with Gasteiger partial charge in [-0.3, -0.25) is 9.89 Å². The van der Waals surface area contributed by atoms with E-state index in [1.807, 2.05) is 0 Å². The molecule has 3 heterocycles. The van der Waals surface area contributed by atoms with Crippen molar-refractivity contribution in [2.45, 2.75) is 57.4 Å². The average Bonchev–Trinajstić information content (AvgIpc) is 3.25. The van der Waals surface area contributed by atoms with Crippen LogP contribution in [0.15, 0.2) is 29.3 Å². The number of rotatable bonds is 5. The highest BCUT2D eigenvalue weighted by Crippen LogP contribution is 2.34. The number of guanidine groups is 1. The van der Waals surface area contributed by atoms with Crippen LogP contribution in [0.5, 0.6) is 0 Å². The van der Waals surface area contributed by atoms with Crippen LogP contribution in [0, 0.1) is 0 Å². The minimum Gasteiger partial charge on any atom is -0.373 e. The second kappa shape index (κ2) is 9.37. The van der Waals surface area contributed by atoms with Crippen LogP contribution in [-0.4, -0.2) is 55.3 Å². The molecule has 3 atom stereocenters. The summed E-state index contributed by atoms with van der Waals surface area (Å²) in [4.78, 5) is 7.32. The summed E-state index contributed by atoms with van der Waals surface area (Å²) in [6.07, 6.45) is 5.55. The quantitative estimate of drug-likeness (QED) is 0.395. The van der Waals surface area contributed by atoms with Crippen molar-refractivity contribution in [3.8, 4) is 0 Å². The molecule has 0 saturated carbocycles. The Morgan fingerprint density at radius 3 is 2.85 bits per heavy atom. The van der Waals surface area contributed by atoms with E-state index in [4.69, 9.17) is 9.73 Å². The maximum atomic E-state index is 5.94. The molecule has 0 aliphatic carbocycles. The summed E-state index contributed by atoms with van der Waals surface area (Å²) in [6, 6.07) is 9.23. The molecular formula is C20H31IN4O. The van der Waals surface area contributed by atoms with E-state index in [9.17, 15) is 0 Å². The van der Waals surface area contributed by atoms with E-state index in [-0.39, 0.29) is 24.0 Å². The molecule has 3 unspecified atom stereocenters. The van der Waals surface area contributed by atoms with Crippen LogP contribution >= 0.6 is 24.0 Å². The fraction of sp³-hybridized carbons (Fsp3) is 0.650. The van der Waals surface area contributed by atoms with Crippen molar-refractivity contribution in [1.82, 2.24) is 15.5 Å². The Kier molecular flexibility index (Phi) is 7.17. The van der Waals surface area contributed by atoms with Gasteiger partial charge < -0.3 is 15.4 Å². The fourth-order valence-corrected chi connectivity index (χ4v) is 4.33. The fourth-order valence-electron chi connectivity index (χ4n) is 4.33. The first-order chi connectivity index (χ1) is 12.3. The summed E-state index contributed by atoms with van der Waals surface area (Å²) in [5.74, 6) is 0.945. The van der Waals surface area contributed by atoms with Gasteiger partial charge >= 0.3 is 0 Å². The Hall–Kier alpha value is -0.860. The highest BCUT2D eigenvalue weighted by molar-refractivity contribution is 14.0. The first-order valence-corrected chi connectivity index (χ1v) is 9.81. The van der Waals surface area contributed by atoms with Crippen molar-refractivity contribution in [3.63, 3.8) is 0 Å². The number of halogens is 1. The van der Waals surface area contributed by atoms with E-state index >= 15 is 0 Å². The molecule has 3 aliphatic heterocycles. The summed E-state index contributed by atoms with van der Waals surface area (Å²) in [6.45, 7) is 7.05. The van der Waals surface area contributed by atoms with Gasteiger partial charge in [0.15, 0.2) is 5.96 Å². The lowest BCUT2D eigenvalue weighted by Crippen LogP contribution is -2.47. The van der Waals surface area contributed by atoms with Gasteiger partial charge in [0.1, 0.15) is 0 Å². The molecule has 1 aromatic carbocycles. The first-order valence-electron chi connectivity index (χ1n) is 9.81. The number of aliphatic imine (C=N–C) groups is 1. The Bertz CT molecular complexity index is 624. The van der Waals surface area contributed by atoms with Crippen LogP contribution in [-0.2, 0) is 17.7 Å². The molecule has 2 N–H and O–H groups in total. The van der Waals surface area contributed by atoms with Gasteiger partial charge in [0.25, 0.3) is 0 Å². The first kappa shape index (κ1) is 19.9. The summed E-state index contributed by atoms with van der Waals surface area (Å²) in [5, 5.41) is 6.98. The molecule has 144 valence electrons. The summed E-state index contributed by atoms with van der Waals surface area (Å²) in [5.41, 5.74) is 2.98. The van der Waals surface area contributed by atoms with Crippen molar-refractivity contribution in [2.24, 2.45) is 4.99 Å². The molecule has 0 spiro atoms. The number of fused-ring (bicyclic) bond motifs is 3. The smallest absolute Gasteiger partial charge is 0.191 e. The highest BCUT2D eigenvalue weighted by atomic mass is 127. The summed E-state index contributed by atoms with van der Waals surface area (Å²) >= 11 is 0. The normalized spacial score (nSPS) is 27.7. The SMILES string of the molecule is CCNC(=NCCN1CCc2ccccc2C1)NC1CC2CCC1O2.I. The molecule has 2 bridgehead atoms.